The molecule has 0 spiro atoms. The molecule has 2 aromatic heterocycles. The molecule has 2 aliphatic rings. The van der Waals surface area contributed by atoms with Crippen molar-refractivity contribution in [2.45, 2.75) is 77.1 Å². The maximum absolute atomic E-state index is 14.9. The molecule has 14 heteroatoms. The molecule has 0 radical (unpaired) electrons. The molecule has 51 heavy (non-hydrogen) atoms. The van der Waals surface area contributed by atoms with Gasteiger partial charge in [-0.05, 0) is 79.8 Å². The summed E-state index contributed by atoms with van der Waals surface area (Å²) in [5.74, 6) is 0.171. The Morgan fingerprint density at radius 2 is 2.00 bits per heavy atom. The number of nitrogens with zero attached hydrogens (tertiary/aromatic N) is 9. The fraction of sp³-hybridized carbons (Fsp3) is 0.459. The van der Waals surface area contributed by atoms with Crippen LogP contribution in [0.2, 0.25) is 10.0 Å². The summed E-state index contributed by atoms with van der Waals surface area (Å²) in [5, 5.41) is 20.4. The minimum Gasteiger partial charge on any atom is -0.444 e. The predicted octanol–water partition coefficient (Wildman–Crippen LogP) is 8.45. The quantitative estimate of drug-likeness (QED) is 0.174. The normalized spacial score (nSPS) is 19.2. The van der Waals surface area contributed by atoms with Gasteiger partial charge in [0.2, 0.25) is 0 Å². The summed E-state index contributed by atoms with van der Waals surface area (Å²) in [5.41, 5.74) is 2.63. The Morgan fingerprint density at radius 3 is 2.63 bits per heavy atom. The maximum atomic E-state index is 14.9. The lowest BCUT2D eigenvalue weighted by atomic mass is 9.90. The predicted molar refractivity (Wildman–Crippen MR) is 202 cm³/mol. The summed E-state index contributed by atoms with van der Waals surface area (Å²) in [6, 6.07) is 6.42. The van der Waals surface area contributed by atoms with Gasteiger partial charge in [-0.3, -0.25) is 4.99 Å². The molecule has 268 valence electrons. The molecule has 2 saturated heterocycles. The molecule has 2 fully saturated rings. The Hall–Kier alpha value is -4.31. The number of hydrogen-bond acceptors (Lipinski definition) is 9. The van der Waals surface area contributed by atoms with E-state index in [0.29, 0.717) is 82.1 Å². The van der Waals surface area contributed by atoms with E-state index in [1.54, 1.807) is 30.2 Å². The van der Waals surface area contributed by atoms with Gasteiger partial charge in [-0.1, -0.05) is 41.1 Å². The van der Waals surface area contributed by atoms with Gasteiger partial charge in [0.1, 0.15) is 16.9 Å². The van der Waals surface area contributed by atoms with Gasteiger partial charge in [-0.25, -0.2) is 18.9 Å². The minimum absolute atomic E-state index is 0.0742. The molecule has 6 rings (SSSR count). The first-order chi connectivity index (χ1) is 24.1. The SMILES string of the molecule is C=Cc1c(F)ccc(-c2c(Cl)cc3c(nc(N4CC(C)(N(C)C)C4)c4nnn([C@H]5CCN(C(=O)OC(C)(C)C)[C@H](CC#N)C5)c43)c2Cl)c1N=CC. The Kier molecular flexibility index (Phi) is 9.78. The van der Waals surface area contributed by atoms with E-state index in [4.69, 9.17) is 43.2 Å². The fourth-order valence-electron chi connectivity index (χ4n) is 7.04. The second-order valence-corrected chi connectivity index (χ2v) is 15.5. The first-order valence-electron chi connectivity index (χ1n) is 16.9. The zero-order chi connectivity index (χ0) is 37.0. The lowest BCUT2D eigenvalue weighted by Crippen LogP contribution is -2.67. The zero-order valence-electron chi connectivity index (χ0n) is 30.0. The minimum atomic E-state index is -0.669. The summed E-state index contributed by atoms with van der Waals surface area (Å²) < 4.78 is 22.5. The molecule has 0 bridgehead atoms. The number of fused-ring (bicyclic) bond motifs is 3. The first kappa shape index (κ1) is 36.5. The number of amides is 1. The van der Waals surface area contributed by atoms with E-state index in [2.05, 4.69) is 48.5 Å². The first-order valence-corrected chi connectivity index (χ1v) is 17.7. The van der Waals surface area contributed by atoms with E-state index in [-0.39, 0.29) is 34.6 Å². The number of ether oxygens (including phenoxy) is 1. The van der Waals surface area contributed by atoms with Gasteiger partial charge in [-0.15, -0.1) is 5.10 Å². The zero-order valence-corrected chi connectivity index (χ0v) is 31.5. The summed E-state index contributed by atoms with van der Waals surface area (Å²) in [6.45, 7) is 15.0. The van der Waals surface area contributed by atoms with Crippen LogP contribution in [0, 0.1) is 17.1 Å². The largest absolute Gasteiger partial charge is 0.444 e. The number of aliphatic imine (C=N–C) groups is 1. The highest BCUT2D eigenvalue weighted by atomic mass is 35.5. The fourth-order valence-corrected chi connectivity index (χ4v) is 7.74. The molecular weight excluding hydrogens is 692 g/mol. The van der Waals surface area contributed by atoms with Crippen LogP contribution in [-0.4, -0.2) is 93.0 Å². The number of hydrogen-bond donors (Lipinski definition) is 0. The van der Waals surface area contributed by atoms with Crippen LogP contribution >= 0.6 is 23.2 Å². The standard InChI is InChI=1S/C37H42Cl2FN9O2/c1-9-23-27(40)12-11-24(30(23)42-10-2)28-26(38)18-25-31(29(28)39)43-34(47-19-37(6,20-47)46(7)8)32-33(25)49(45-44-32)22-14-16-48(21(17-22)13-15-41)35(50)51-36(3,4)5/h9-12,18,21-22H,1,13-14,16-17,19-20H2,2-8H3/t21-,22+/m1/s1. The highest BCUT2D eigenvalue weighted by molar-refractivity contribution is 6.44. The molecule has 11 nitrogen and oxygen atoms in total. The van der Waals surface area contributed by atoms with Crippen molar-refractivity contribution in [3.05, 3.63) is 46.2 Å². The number of carbonyl (C=O) groups excluding carboxylic acids is 1. The van der Waals surface area contributed by atoms with E-state index in [9.17, 15) is 14.4 Å². The topological polar surface area (TPSA) is 116 Å². The van der Waals surface area contributed by atoms with Crippen molar-refractivity contribution in [1.82, 2.24) is 29.8 Å². The smallest absolute Gasteiger partial charge is 0.410 e. The van der Waals surface area contributed by atoms with Crippen molar-refractivity contribution in [3.8, 4) is 17.2 Å². The van der Waals surface area contributed by atoms with Crippen molar-refractivity contribution in [3.63, 3.8) is 0 Å². The second kappa shape index (κ2) is 13.7. The van der Waals surface area contributed by atoms with Gasteiger partial charge < -0.3 is 19.4 Å². The van der Waals surface area contributed by atoms with Crippen LogP contribution < -0.4 is 4.90 Å². The maximum Gasteiger partial charge on any atom is 0.410 e. The van der Waals surface area contributed by atoms with Crippen molar-refractivity contribution in [2.75, 3.05) is 38.6 Å². The third-order valence-corrected chi connectivity index (χ3v) is 10.6. The lowest BCUT2D eigenvalue weighted by Gasteiger charge is -2.52. The number of likely N-dealkylation sites (tertiary alicyclic amines) is 1. The Labute approximate surface area is 307 Å². The van der Waals surface area contributed by atoms with E-state index in [0.717, 1.165) is 0 Å². The molecule has 0 aliphatic carbocycles. The van der Waals surface area contributed by atoms with Gasteiger partial charge >= 0.3 is 6.09 Å². The monoisotopic (exact) mass is 733 g/mol. The van der Waals surface area contributed by atoms with Crippen molar-refractivity contribution >= 4 is 75.0 Å². The van der Waals surface area contributed by atoms with Crippen LogP contribution in [-0.2, 0) is 4.74 Å². The molecular formula is C37H42Cl2FN9O2. The number of nitriles is 1. The lowest BCUT2D eigenvalue weighted by molar-refractivity contribution is 0.00557. The highest BCUT2D eigenvalue weighted by Crippen LogP contribution is 2.48. The molecule has 2 atom stereocenters. The molecule has 0 N–H and O–H groups in total. The molecule has 2 aliphatic heterocycles. The summed E-state index contributed by atoms with van der Waals surface area (Å²) in [4.78, 5) is 28.8. The summed E-state index contributed by atoms with van der Waals surface area (Å²) in [6.07, 6.45) is 3.72. The Morgan fingerprint density at radius 1 is 1.27 bits per heavy atom. The number of piperidine rings is 1. The molecule has 4 heterocycles. The molecule has 0 unspecified atom stereocenters. The van der Waals surface area contributed by atoms with E-state index < -0.39 is 17.5 Å². The number of pyridine rings is 1. The molecule has 1 amide bonds. The van der Waals surface area contributed by atoms with Crippen LogP contribution in [0.15, 0.2) is 29.8 Å². The number of aromatic nitrogens is 4. The Balaban J connectivity index is 1.54. The van der Waals surface area contributed by atoms with E-state index in [1.165, 1.54) is 12.1 Å². The van der Waals surface area contributed by atoms with Gasteiger partial charge in [0.25, 0.3) is 0 Å². The number of rotatable bonds is 7. The number of halogens is 3. The highest BCUT2D eigenvalue weighted by Gasteiger charge is 2.43. The van der Waals surface area contributed by atoms with Crippen molar-refractivity contribution < 1.29 is 13.9 Å². The summed E-state index contributed by atoms with van der Waals surface area (Å²) in [7, 11) is 4.11. The van der Waals surface area contributed by atoms with Gasteiger partial charge in [0.15, 0.2) is 11.3 Å². The van der Waals surface area contributed by atoms with Crippen LogP contribution in [0.3, 0.4) is 0 Å². The number of carbonyl (C=O) groups is 1. The third kappa shape index (κ3) is 6.52. The molecule has 0 saturated carbocycles. The van der Waals surface area contributed by atoms with Crippen LogP contribution in [0.1, 0.15) is 65.5 Å². The molecule has 2 aromatic carbocycles. The van der Waals surface area contributed by atoms with E-state index >= 15 is 0 Å². The Bertz CT molecular complexity index is 2110. The van der Waals surface area contributed by atoms with E-state index in [1.807, 2.05) is 25.5 Å². The van der Waals surface area contributed by atoms with Crippen LogP contribution in [0.5, 0.6) is 0 Å². The second-order valence-electron chi connectivity index (χ2n) is 14.7. The summed E-state index contributed by atoms with van der Waals surface area (Å²) >= 11 is 14.4. The third-order valence-electron chi connectivity index (χ3n) is 9.90. The number of benzene rings is 2. The number of anilines is 1. The van der Waals surface area contributed by atoms with Crippen LogP contribution in [0.4, 0.5) is 20.7 Å². The van der Waals surface area contributed by atoms with Crippen LogP contribution in [0.25, 0.3) is 39.1 Å². The van der Waals surface area contributed by atoms with Crippen molar-refractivity contribution in [2.24, 2.45) is 4.99 Å². The average Bonchev–Trinajstić information content (AvgIpc) is 3.49. The van der Waals surface area contributed by atoms with Crippen molar-refractivity contribution in [1.29, 1.82) is 5.26 Å². The molecule has 4 aromatic rings. The van der Waals surface area contributed by atoms with Gasteiger partial charge in [-0.2, -0.15) is 5.26 Å². The van der Waals surface area contributed by atoms with Gasteiger partial charge in [0.05, 0.1) is 51.4 Å². The van der Waals surface area contributed by atoms with Gasteiger partial charge in [0, 0.05) is 47.9 Å². The number of likely N-dealkylation sites (N-methyl/N-ethyl adjacent to an activating group) is 1. The average molecular weight is 735 g/mol.